The first-order chi connectivity index (χ1) is 15.9. The van der Waals surface area contributed by atoms with Crippen molar-refractivity contribution < 1.29 is 27.7 Å². The number of thioether (sulfide) groups is 1. The number of nitrogens with zero attached hydrogens (tertiary/aromatic N) is 3. The third-order valence-corrected chi connectivity index (χ3v) is 6.56. The van der Waals surface area contributed by atoms with Crippen LogP contribution in [0.4, 0.5) is 29.7 Å². The van der Waals surface area contributed by atoms with Crippen LogP contribution in [0.1, 0.15) is 15.9 Å². The lowest BCUT2D eigenvalue weighted by Gasteiger charge is -2.11. The molecule has 9 nitrogen and oxygen atoms in total. The molecule has 1 aromatic heterocycles. The summed E-state index contributed by atoms with van der Waals surface area (Å²) in [7, 11) is 0. The predicted molar refractivity (Wildman–Crippen MR) is 122 cm³/mol. The molecule has 0 unspecified atom stereocenters. The van der Waals surface area contributed by atoms with Gasteiger partial charge in [-0.15, -0.1) is 10.2 Å². The summed E-state index contributed by atoms with van der Waals surface area (Å²) in [6.07, 6.45) is -4.60. The Balaban J connectivity index is 1.60. The van der Waals surface area contributed by atoms with Crippen LogP contribution in [0.3, 0.4) is 0 Å². The molecule has 0 saturated heterocycles. The van der Waals surface area contributed by atoms with Gasteiger partial charge in [-0.2, -0.15) is 13.2 Å². The van der Waals surface area contributed by atoms with Gasteiger partial charge in [0.25, 0.3) is 11.6 Å². The number of non-ortho nitro benzene ring substituents is 1. The number of nitro benzene ring substituents is 1. The highest BCUT2D eigenvalue weighted by Gasteiger charge is 2.31. The van der Waals surface area contributed by atoms with Crippen LogP contribution in [0.25, 0.3) is 0 Å². The lowest BCUT2D eigenvalue weighted by Crippen LogP contribution is -2.15. The number of nitrogens with one attached hydrogen (secondary N) is 2. The zero-order valence-corrected chi connectivity index (χ0v) is 19.5. The second-order valence-electron chi connectivity index (χ2n) is 6.28. The second kappa shape index (κ2) is 10.5. The minimum atomic E-state index is -4.60. The van der Waals surface area contributed by atoms with Crippen LogP contribution in [0, 0.1) is 10.1 Å². The van der Waals surface area contributed by atoms with E-state index in [1.165, 1.54) is 6.07 Å². The van der Waals surface area contributed by atoms with E-state index in [4.69, 9.17) is 23.2 Å². The molecule has 2 N–H and O–H groups in total. The minimum absolute atomic E-state index is 0.00728. The molecular weight excluding hydrogens is 542 g/mol. The van der Waals surface area contributed by atoms with E-state index >= 15 is 0 Å². The average molecular weight is 552 g/mol. The average Bonchev–Trinajstić information content (AvgIpc) is 3.20. The van der Waals surface area contributed by atoms with Gasteiger partial charge in [0.1, 0.15) is 0 Å². The molecule has 0 aliphatic carbocycles. The SMILES string of the molecule is O=C(CSc1nnc(NC(=O)c2cc([N+](=O)[O-])ccc2Cl)s1)Nc1cc(C(F)(F)F)ccc1Cl. The summed E-state index contributed by atoms with van der Waals surface area (Å²) >= 11 is 13.6. The molecule has 16 heteroatoms. The van der Waals surface area contributed by atoms with Crippen molar-refractivity contribution in [1.29, 1.82) is 0 Å². The van der Waals surface area contributed by atoms with Crippen LogP contribution in [0.5, 0.6) is 0 Å². The van der Waals surface area contributed by atoms with Crippen LogP contribution >= 0.6 is 46.3 Å². The Kier molecular flexibility index (Phi) is 7.97. The van der Waals surface area contributed by atoms with E-state index < -0.39 is 28.5 Å². The Bertz CT molecular complexity index is 1270. The number of carbonyl (C=O) groups excluding carboxylic acids is 2. The molecule has 0 bridgehead atoms. The molecule has 2 amide bonds. The van der Waals surface area contributed by atoms with Crippen molar-refractivity contribution in [3.8, 4) is 0 Å². The largest absolute Gasteiger partial charge is 0.416 e. The van der Waals surface area contributed by atoms with Gasteiger partial charge in [-0.1, -0.05) is 46.3 Å². The van der Waals surface area contributed by atoms with Crippen molar-refractivity contribution >= 4 is 74.6 Å². The molecule has 3 aromatic rings. The number of alkyl halides is 3. The molecule has 0 atom stereocenters. The van der Waals surface area contributed by atoms with Crippen LogP contribution < -0.4 is 10.6 Å². The van der Waals surface area contributed by atoms with Gasteiger partial charge in [0, 0.05) is 12.1 Å². The maximum atomic E-state index is 12.8. The summed E-state index contributed by atoms with van der Waals surface area (Å²) in [5, 5.41) is 23.1. The minimum Gasteiger partial charge on any atom is -0.324 e. The normalized spacial score (nSPS) is 11.2. The van der Waals surface area contributed by atoms with E-state index in [2.05, 4.69) is 20.8 Å². The van der Waals surface area contributed by atoms with Crippen molar-refractivity contribution in [3.05, 3.63) is 67.7 Å². The number of carbonyl (C=O) groups is 2. The second-order valence-corrected chi connectivity index (χ2v) is 9.29. The number of benzene rings is 2. The fourth-order valence-electron chi connectivity index (χ4n) is 2.39. The standard InChI is InChI=1S/C18H10Cl2F3N5O4S2/c19-11-4-2-9(28(31)32)6-10(11)15(30)25-16-26-27-17(34-16)33-7-14(29)24-13-5-8(18(21,22)23)1-3-12(13)20/h1-6H,7H2,(H,24,29)(H,25,26,30). The fourth-order valence-corrected chi connectivity index (χ4v) is 4.31. The molecule has 0 spiro atoms. The molecule has 1 heterocycles. The lowest BCUT2D eigenvalue weighted by atomic mass is 10.2. The third-order valence-electron chi connectivity index (χ3n) is 3.93. The molecule has 0 fully saturated rings. The Morgan fingerprint density at radius 2 is 1.79 bits per heavy atom. The van der Waals surface area contributed by atoms with E-state index in [1.807, 2.05) is 0 Å². The quantitative estimate of drug-likeness (QED) is 0.165. The highest BCUT2D eigenvalue weighted by molar-refractivity contribution is 8.01. The van der Waals surface area contributed by atoms with Gasteiger partial charge in [-0.05, 0) is 24.3 Å². The molecule has 178 valence electrons. The molecule has 0 saturated carbocycles. The molecular formula is C18H10Cl2F3N5O4S2. The summed E-state index contributed by atoms with van der Waals surface area (Å²) in [6.45, 7) is 0. The van der Waals surface area contributed by atoms with Crippen LogP contribution in [0.2, 0.25) is 10.0 Å². The van der Waals surface area contributed by atoms with Crippen LogP contribution in [-0.4, -0.2) is 32.7 Å². The van der Waals surface area contributed by atoms with Crippen molar-refractivity contribution in [2.45, 2.75) is 10.5 Å². The monoisotopic (exact) mass is 551 g/mol. The number of halogens is 5. The zero-order chi connectivity index (χ0) is 25.0. The number of aromatic nitrogens is 2. The number of rotatable bonds is 7. The van der Waals surface area contributed by atoms with Crippen molar-refractivity contribution in [2.75, 3.05) is 16.4 Å². The van der Waals surface area contributed by atoms with Crippen molar-refractivity contribution in [1.82, 2.24) is 10.2 Å². The molecule has 3 rings (SSSR count). The van der Waals surface area contributed by atoms with Gasteiger partial charge < -0.3 is 5.32 Å². The zero-order valence-electron chi connectivity index (χ0n) is 16.4. The van der Waals surface area contributed by atoms with Crippen molar-refractivity contribution in [2.24, 2.45) is 0 Å². The van der Waals surface area contributed by atoms with Gasteiger partial charge in [-0.3, -0.25) is 25.0 Å². The molecule has 2 aromatic carbocycles. The fraction of sp³-hybridized carbons (Fsp3) is 0.111. The van der Waals surface area contributed by atoms with E-state index in [9.17, 15) is 32.9 Å². The Hall–Kier alpha value is -2.94. The third kappa shape index (κ3) is 6.56. The highest BCUT2D eigenvalue weighted by Crippen LogP contribution is 2.34. The summed E-state index contributed by atoms with van der Waals surface area (Å²) in [6, 6.07) is 5.92. The maximum Gasteiger partial charge on any atom is 0.416 e. The Morgan fingerprint density at radius 3 is 2.47 bits per heavy atom. The first kappa shape index (κ1) is 25.7. The number of nitro groups is 1. The van der Waals surface area contributed by atoms with E-state index in [0.29, 0.717) is 0 Å². The van der Waals surface area contributed by atoms with Crippen molar-refractivity contribution in [3.63, 3.8) is 0 Å². The molecule has 0 radical (unpaired) electrons. The predicted octanol–water partition coefficient (Wildman–Crippen LogP) is 5.76. The first-order valence-electron chi connectivity index (χ1n) is 8.82. The van der Waals surface area contributed by atoms with E-state index in [1.54, 1.807) is 0 Å². The van der Waals surface area contributed by atoms with Gasteiger partial charge in [0.05, 0.1) is 37.5 Å². The van der Waals surface area contributed by atoms with E-state index in [0.717, 1.165) is 53.4 Å². The summed E-state index contributed by atoms with van der Waals surface area (Å²) < 4.78 is 38.8. The van der Waals surface area contributed by atoms with E-state index in [-0.39, 0.29) is 42.2 Å². The number of hydrogen-bond acceptors (Lipinski definition) is 8. The number of anilines is 2. The van der Waals surface area contributed by atoms with Crippen LogP contribution in [0.15, 0.2) is 40.7 Å². The topological polar surface area (TPSA) is 127 Å². The number of hydrogen-bond donors (Lipinski definition) is 2. The Morgan fingerprint density at radius 1 is 1.09 bits per heavy atom. The summed E-state index contributed by atoms with van der Waals surface area (Å²) in [4.78, 5) is 34.7. The van der Waals surface area contributed by atoms with Gasteiger partial charge >= 0.3 is 6.18 Å². The van der Waals surface area contributed by atoms with Crippen LogP contribution in [-0.2, 0) is 11.0 Å². The van der Waals surface area contributed by atoms with Gasteiger partial charge in [-0.25, -0.2) is 0 Å². The molecule has 0 aliphatic rings. The lowest BCUT2D eigenvalue weighted by molar-refractivity contribution is -0.384. The molecule has 0 aliphatic heterocycles. The first-order valence-corrected chi connectivity index (χ1v) is 11.4. The number of amides is 2. The summed E-state index contributed by atoms with van der Waals surface area (Å²) in [5.41, 5.74) is -1.62. The maximum absolute atomic E-state index is 12.8. The van der Waals surface area contributed by atoms with Gasteiger partial charge in [0.15, 0.2) is 4.34 Å². The Labute approximate surface area is 206 Å². The smallest absolute Gasteiger partial charge is 0.324 e. The molecule has 34 heavy (non-hydrogen) atoms. The highest BCUT2D eigenvalue weighted by atomic mass is 35.5. The van der Waals surface area contributed by atoms with Gasteiger partial charge in [0.2, 0.25) is 11.0 Å². The summed E-state index contributed by atoms with van der Waals surface area (Å²) in [5.74, 6) is -1.63.